The lowest BCUT2D eigenvalue weighted by atomic mass is 9.78. The number of rotatable bonds is 1. The monoisotopic (exact) mass is 170 g/mol. The molecule has 0 N–H and O–H groups in total. The van der Waals surface area contributed by atoms with E-state index < -0.39 is 0 Å². The average molecular weight is 170 g/mol. The lowest BCUT2D eigenvalue weighted by molar-refractivity contribution is 0.401. The van der Waals surface area contributed by atoms with Gasteiger partial charge in [-0.05, 0) is 41.9 Å². The Hall–Kier alpha value is -1.04. The molecule has 0 spiro atoms. The van der Waals surface area contributed by atoms with Gasteiger partial charge in [0.2, 0.25) is 0 Å². The second-order valence-corrected chi connectivity index (χ2v) is 4.15. The van der Waals surface area contributed by atoms with Crippen LogP contribution in [-0.4, -0.2) is 0 Å². The summed E-state index contributed by atoms with van der Waals surface area (Å²) in [5, 5.41) is 0. The molecule has 1 fully saturated rings. The topological polar surface area (TPSA) is 0 Å². The van der Waals surface area contributed by atoms with Crippen molar-refractivity contribution < 1.29 is 0 Å². The normalized spacial score (nSPS) is 20.8. The standard InChI is InChI=1S/C13H14/c1-2-7-12-11(4-1)8-9-13(12)10-5-3-6-10/h1-2,4,7,9-10H,3,5-6,8H2. The zero-order valence-electron chi connectivity index (χ0n) is 7.79. The summed E-state index contributed by atoms with van der Waals surface area (Å²) < 4.78 is 0. The van der Waals surface area contributed by atoms with E-state index in [1.165, 1.54) is 36.8 Å². The predicted molar refractivity (Wildman–Crippen MR) is 55.5 cm³/mol. The predicted octanol–water partition coefficient (Wildman–Crippen LogP) is 3.43. The largest absolute Gasteiger partial charge is 0.0760 e. The van der Waals surface area contributed by atoms with Crippen molar-refractivity contribution in [1.29, 1.82) is 0 Å². The summed E-state index contributed by atoms with van der Waals surface area (Å²) in [6, 6.07) is 8.86. The molecule has 3 rings (SSSR count). The average Bonchev–Trinajstić information content (AvgIpc) is 2.47. The highest BCUT2D eigenvalue weighted by atomic mass is 14.3. The number of allylic oxidation sites excluding steroid dienone is 2. The van der Waals surface area contributed by atoms with Crippen molar-refractivity contribution in [2.24, 2.45) is 5.92 Å². The Kier molecular flexibility index (Phi) is 1.55. The van der Waals surface area contributed by atoms with Gasteiger partial charge in [-0.25, -0.2) is 0 Å². The maximum Gasteiger partial charge on any atom is -0.00853 e. The second kappa shape index (κ2) is 2.73. The summed E-state index contributed by atoms with van der Waals surface area (Å²) in [7, 11) is 0. The van der Waals surface area contributed by atoms with E-state index in [-0.39, 0.29) is 0 Å². The number of fused-ring (bicyclic) bond motifs is 1. The third kappa shape index (κ3) is 1.05. The molecule has 0 atom stereocenters. The van der Waals surface area contributed by atoms with Crippen molar-refractivity contribution in [1.82, 2.24) is 0 Å². The number of hydrogen-bond donors (Lipinski definition) is 0. The Morgan fingerprint density at radius 1 is 1.08 bits per heavy atom. The molecule has 2 aliphatic carbocycles. The molecule has 66 valence electrons. The van der Waals surface area contributed by atoms with Crippen molar-refractivity contribution in [3.63, 3.8) is 0 Å². The van der Waals surface area contributed by atoms with Crippen LogP contribution < -0.4 is 0 Å². The van der Waals surface area contributed by atoms with Gasteiger partial charge >= 0.3 is 0 Å². The summed E-state index contributed by atoms with van der Waals surface area (Å²) in [4.78, 5) is 0. The van der Waals surface area contributed by atoms with Crippen LogP contribution in [0, 0.1) is 5.92 Å². The molecule has 1 saturated carbocycles. The van der Waals surface area contributed by atoms with Gasteiger partial charge in [0, 0.05) is 0 Å². The summed E-state index contributed by atoms with van der Waals surface area (Å²) in [6.07, 6.45) is 7.88. The minimum atomic E-state index is 0.892. The van der Waals surface area contributed by atoms with Crippen LogP contribution in [0.15, 0.2) is 30.3 Å². The van der Waals surface area contributed by atoms with Crippen LogP contribution in [0.2, 0.25) is 0 Å². The Morgan fingerprint density at radius 3 is 2.69 bits per heavy atom. The van der Waals surface area contributed by atoms with E-state index in [1.807, 2.05) is 0 Å². The Labute approximate surface area is 79.3 Å². The SMILES string of the molecule is C1=C(C2CCC2)c2ccccc2C1. The molecule has 0 heterocycles. The van der Waals surface area contributed by atoms with Crippen LogP contribution in [0.3, 0.4) is 0 Å². The minimum Gasteiger partial charge on any atom is -0.0760 e. The molecule has 0 radical (unpaired) electrons. The van der Waals surface area contributed by atoms with Crippen molar-refractivity contribution >= 4 is 5.57 Å². The fourth-order valence-electron chi connectivity index (χ4n) is 2.42. The lowest BCUT2D eigenvalue weighted by Crippen LogP contribution is -2.12. The molecule has 2 aliphatic rings. The van der Waals surface area contributed by atoms with Crippen LogP contribution in [-0.2, 0) is 6.42 Å². The number of benzene rings is 1. The van der Waals surface area contributed by atoms with Gasteiger partial charge in [0.05, 0.1) is 0 Å². The van der Waals surface area contributed by atoms with Crippen LogP contribution >= 0.6 is 0 Å². The van der Waals surface area contributed by atoms with Gasteiger partial charge in [-0.3, -0.25) is 0 Å². The molecule has 0 aromatic heterocycles. The van der Waals surface area contributed by atoms with Crippen molar-refractivity contribution in [3.05, 3.63) is 41.5 Å². The van der Waals surface area contributed by atoms with E-state index in [2.05, 4.69) is 30.3 Å². The highest BCUT2D eigenvalue weighted by Crippen LogP contribution is 2.42. The number of hydrogen-bond acceptors (Lipinski definition) is 0. The molecule has 1 aromatic carbocycles. The first kappa shape index (κ1) is 7.37. The van der Waals surface area contributed by atoms with Gasteiger partial charge in [-0.2, -0.15) is 0 Å². The Bertz CT molecular complexity index is 356. The first-order chi connectivity index (χ1) is 6.45. The lowest BCUT2D eigenvalue weighted by Gasteiger charge is -2.27. The van der Waals surface area contributed by atoms with Crippen LogP contribution in [0.4, 0.5) is 0 Å². The Balaban J connectivity index is 1.99. The molecule has 0 nitrogen and oxygen atoms in total. The third-order valence-corrected chi connectivity index (χ3v) is 3.42. The summed E-state index contributed by atoms with van der Waals surface area (Å²) in [6.45, 7) is 0. The molecule has 0 aliphatic heterocycles. The molecule has 0 saturated heterocycles. The highest BCUT2D eigenvalue weighted by Gasteiger charge is 2.26. The first-order valence-electron chi connectivity index (χ1n) is 5.23. The fourth-order valence-corrected chi connectivity index (χ4v) is 2.42. The molecule has 0 amide bonds. The van der Waals surface area contributed by atoms with Gasteiger partial charge in [0.25, 0.3) is 0 Å². The van der Waals surface area contributed by atoms with Crippen LogP contribution in [0.1, 0.15) is 30.4 Å². The molecular formula is C13H14. The smallest absolute Gasteiger partial charge is 0.00853 e. The van der Waals surface area contributed by atoms with Gasteiger partial charge < -0.3 is 0 Å². The molecule has 1 aromatic rings. The van der Waals surface area contributed by atoms with Gasteiger partial charge in [-0.1, -0.05) is 36.8 Å². The third-order valence-electron chi connectivity index (χ3n) is 3.42. The molecule has 13 heavy (non-hydrogen) atoms. The second-order valence-electron chi connectivity index (χ2n) is 4.15. The van der Waals surface area contributed by atoms with E-state index in [1.54, 1.807) is 5.57 Å². The molecule has 0 bridgehead atoms. The van der Waals surface area contributed by atoms with Crippen LogP contribution in [0.5, 0.6) is 0 Å². The first-order valence-corrected chi connectivity index (χ1v) is 5.23. The van der Waals surface area contributed by atoms with Crippen molar-refractivity contribution in [2.75, 3.05) is 0 Å². The zero-order chi connectivity index (χ0) is 8.67. The van der Waals surface area contributed by atoms with E-state index in [9.17, 15) is 0 Å². The molecule has 0 unspecified atom stereocenters. The van der Waals surface area contributed by atoms with E-state index in [4.69, 9.17) is 0 Å². The van der Waals surface area contributed by atoms with E-state index in [0.717, 1.165) is 5.92 Å². The highest BCUT2D eigenvalue weighted by molar-refractivity contribution is 5.74. The van der Waals surface area contributed by atoms with Crippen molar-refractivity contribution in [2.45, 2.75) is 25.7 Å². The maximum absolute atomic E-state index is 2.44. The van der Waals surface area contributed by atoms with E-state index in [0.29, 0.717) is 0 Å². The fraction of sp³-hybridized carbons (Fsp3) is 0.385. The maximum atomic E-state index is 2.44. The molecule has 0 heteroatoms. The minimum absolute atomic E-state index is 0.892. The summed E-state index contributed by atoms with van der Waals surface area (Å²) in [5.41, 5.74) is 4.71. The molecular weight excluding hydrogens is 156 g/mol. The quantitative estimate of drug-likeness (QED) is 0.605. The van der Waals surface area contributed by atoms with Gasteiger partial charge in [0.15, 0.2) is 0 Å². The summed E-state index contributed by atoms with van der Waals surface area (Å²) >= 11 is 0. The van der Waals surface area contributed by atoms with Gasteiger partial charge in [0.1, 0.15) is 0 Å². The van der Waals surface area contributed by atoms with Gasteiger partial charge in [-0.15, -0.1) is 0 Å². The van der Waals surface area contributed by atoms with E-state index >= 15 is 0 Å². The Morgan fingerprint density at radius 2 is 1.92 bits per heavy atom. The summed E-state index contributed by atoms with van der Waals surface area (Å²) in [5.74, 6) is 0.892. The zero-order valence-corrected chi connectivity index (χ0v) is 7.79. The van der Waals surface area contributed by atoms with Crippen LogP contribution in [0.25, 0.3) is 5.57 Å². The van der Waals surface area contributed by atoms with Crippen molar-refractivity contribution in [3.8, 4) is 0 Å².